The first kappa shape index (κ1) is 16.6. The summed E-state index contributed by atoms with van der Waals surface area (Å²) in [5, 5.41) is 2.92. The third-order valence-electron chi connectivity index (χ3n) is 5.69. The van der Waals surface area contributed by atoms with Gasteiger partial charge in [-0.2, -0.15) is 0 Å². The van der Waals surface area contributed by atoms with Crippen LogP contribution in [0.1, 0.15) is 48.9 Å². The van der Waals surface area contributed by atoms with E-state index in [1.165, 1.54) is 32.4 Å². The van der Waals surface area contributed by atoms with Gasteiger partial charge < -0.3 is 10.2 Å². The maximum Gasteiger partial charge on any atom is 0.253 e. The lowest BCUT2D eigenvalue weighted by molar-refractivity contribution is -0.117. The van der Waals surface area contributed by atoms with Crippen LogP contribution in [-0.2, 0) is 4.79 Å². The van der Waals surface area contributed by atoms with Gasteiger partial charge in [-0.1, -0.05) is 0 Å². The Morgan fingerprint density at radius 3 is 2.32 bits per heavy atom. The summed E-state index contributed by atoms with van der Waals surface area (Å²) in [7, 11) is 0. The minimum absolute atomic E-state index is 0.101. The van der Waals surface area contributed by atoms with E-state index in [1.807, 2.05) is 29.2 Å². The second-order valence-electron chi connectivity index (χ2n) is 7.63. The molecule has 1 atom stereocenters. The molecule has 2 heterocycles. The van der Waals surface area contributed by atoms with Crippen LogP contribution < -0.4 is 5.32 Å². The number of hydrogen-bond acceptors (Lipinski definition) is 3. The van der Waals surface area contributed by atoms with Gasteiger partial charge in [-0.3, -0.25) is 14.5 Å². The van der Waals surface area contributed by atoms with Crippen molar-refractivity contribution < 1.29 is 9.59 Å². The fourth-order valence-electron chi connectivity index (χ4n) is 4.01. The molecule has 4 rings (SSSR count). The van der Waals surface area contributed by atoms with Gasteiger partial charge in [0, 0.05) is 36.3 Å². The van der Waals surface area contributed by atoms with Crippen LogP contribution in [0.4, 0.5) is 5.69 Å². The highest BCUT2D eigenvalue weighted by atomic mass is 16.2. The van der Waals surface area contributed by atoms with Gasteiger partial charge in [0.15, 0.2) is 0 Å². The molecule has 2 amide bonds. The third-order valence-corrected chi connectivity index (χ3v) is 5.69. The largest absolute Gasteiger partial charge is 0.337 e. The summed E-state index contributed by atoms with van der Waals surface area (Å²) in [4.78, 5) is 29.2. The number of hydrogen-bond donors (Lipinski definition) is 1. The molecule has 0 spiro atoms. The molecule has 2 aliphatic heterocycles. The standard InChI is InChI=1S/C20H27N3O2/c24-19(15-5-6-15)21-17-9-7-16(8-10-17)20(25)23-13-3-4-18(14-23)22-11-1-2-12-22/h7-10,15,18H,1-6,11-14H2,(H,21,24)/t18-/m1/s1. The minimum Gasteiger partial charge on any atom is -0.337 e. The predicted molar refractivity (Wildman–Crippen MR) is 97.5 cm³/mol. The SMILES string of the molecule is O=C(Nc1ccc(C(=O)N2CCC[C@@H](N3CCCC3)C2)cc1)C1CC1. The lowest BCUT2D eigenvalue weighted by atomic mass is 10.0. The summed E-state index contributed by atoms with van der Waals surface area (Å²) >= 11 is 0. The Bertz CT molecular complexity index is 633. The minimum atomic E-state index is 0.101. The second kappa shape index (κ2) is 7.16. The number of rotatable bonds is 4. The van der Waals surface area contributed by atoms with Gasteiger partial charge in [-0.05, 0) is 75.9 Å². The summed E-state index contributed by atoms with van der Waals surface area (Å²) in [6.45, 7) is 4.06. The molecule has 134 valence electrons. The van der Waals surface area contributed by atoms with Crippen molar-refractivity contribution in [2.45, 2.75) is 44.6 Å². The van der Waals surface area contributed by atoms with Gasteiger partial charge in [0.1, 0.15) is 0 Å². The molecule has 3 fully saturated rings. The first-order valence-corrected chi connectivity index (χ1v) is 9.65. The van der Waals surface area contributed by atoms with E-state index in [9.17, 15) is 9.59 Å². The Morgan fingerprint density at radius 2 is 1.64 bits per heavy atom. The summed E-state index contributed by atoms with van der Waals surface area (Å²) in [5.74, 6) is 0.407. The van der Waals surface area contributed by atoms with Gasteiger partial charge in [0.25, 0.3) is 5.91 Å². The van der Waals surface area contributed by atoms with Crippen LogP contribution in [0.15, 0.2) is 24.3 Å². The van der Waals surface area contributed by atoms with E-state index in [-0.39, 0.29) is 17.7 Å². The molecule has 0 bridgehead atoms. The number of carbonyl (C=O) groups is 2. The third kappa shape index (κ3) is 3.87. The number of nitrogens with one attached hydrogen (secondary N) is 1. The van der Waals surface area contributed by atoms with E-state index in [0.29, 0.717) is 11.6 Å². The monoisotopic (exact) mass is 341 g/mol. The Kier molecular flexibility index (Phi) is 4.75. The van der Waals surface area contributed by atoms with E-state index in [2.05, 4.69) is 10.2 Å². The van der Waals surface area contributed by atoms with Crippen LogP contribution in [0.5, 0.6) is 0 Å². The van der Waals surface area contributed by atoms with Crippen LogP contribution in [0.25, 0.3) is 0 Å². The summed E-state index contributed by atoms with van der Waals surface area (Å²) in [6.07, 6.45) is 6.86. The average Bonchev–Trinajstić information content (AvgIpc) is 3.36. The maximum absolute atomic E-state index is 12.8. The van der Waals surface area contributed by atoms with Crippen molar-refractivity contribution in [2.24, 2.45) is 5.92 Å². The zero-order valence-electron chi connectivity index (χ0n) is 14.7. The molecular weight excluding hydrogens is 314 g/mol. The lowest BCUT2D eigenvalue weighted by Gasteiger charge is -2.37. The van der Waals surface area contributed by atoms with Crippen molar-refractivity contribution in [1.29, 1.82) is 0 Å². The molecular formula is C20H27N3O2. The summed E-state index contributed by atoms with van der Waals surface area (Å²) < 4.78 is 0. The smallest absolute Gasteiger partial charge is 0.253 e. The first-order valence-electron chi connectivity index (χ1n) is 9.65. The van der Waals surface area contributed by atoms with Gasteiger partial charge in [0.2, 0.25) is 5.91 Å². The molecule has 25 heavy (non-hydrogen) atoms. The Hall–Kier alpha value is -1.88. The number of anilines is 1. The highest BCUT2D eigenvalue weighted by molar-refractivity contribution is 5.96. The van der Waals surface area contributed by atoms with Crippen molar-refractivity contribution in [2.75, 3.05) is 31.5 Å². The van der Waals surface area contributed by atoms with Crippen LogP contribution in [-0.4, -0.2) is 53.8 Å². The lowest BCUT2D eigenvalue weighted by Crippen LogP contribution is -2.48. The number of carbonyl (C=O) groups excluding carboxylic acids is 2. The topological polar surface area (TPSA) is 52.7 Å². The first-order chi connectivity index (χ1) is 12.2. The molecule has 3 aliphatic rings. The van der Waals surface area contributed by atoms with Gasteiger partial charge in [-0.15, -0.1) is 0 Å². The second-order valence-corrected chi connectivity index (χ2v) is 7.63. The molecule has 5 heteroatoms. The van der Waals surface area contributed by atoms with Crippen LogP contribution in [0, 0.1) is 5.92 Å². The molecule has 0 aromatic heterocycles. The summed E-state index contributed by atoms with van der Waals surface area (Å²) in [5.41, 5.74) is 1.49. The number of nitrogens with zero attached hydrogens (tertiary/aromatic N) is 2. The van der Waals surface area contributed by atoms with Crippen LogP contribution in [0.3, 0.4) is 0 Å². The highest BCUT2D eigenvalue weighted by Crippen LogP contribution is 2.30. The van der Waals surface area contributed by atoms with Crippen LogP contribution >= 0.6 is 0 Å². The maximum atomic E-state index is 12.8. The molecule has 1 aromatic carbocycles. The van der Waals surface area contributed by atoms with E-state index < -0.39 is 0 Å². The van der Waals surface area contributed by atoms with Crippen molar-refractivity contribution in [3.8, 4) is 0 Å². The zero-order valence-corrected chi connectivity index (χ0v) is 14.7. The van der Waals surface area contributed by atoms with Gasteiger partial charge in [0.05, 0.1) is 0 Å². The van der Waals surface area contributed by atoms with Crippen molar-refractivity contribution in [3.63, 3.8) is 0 Å². The Balaban J connectivity index is 1.37. The normalized spacial score (nSPS) is 24.3. The number of likely N-dealkylation sites (tertiary alicyclic amines) is 2. The van der Waals surface area contributed by atoms with Crippen molar-refractivity contribution in [1.82, 2.24) is 9.80 Å². The van der Waals surface area contributed by atoms with E-state index in [1.54, 1.807) is 0 Å². The summed E-state index contributed by atoms with van der Waals surface area (Å²) in [6, 6.07) is 7.89. The number of benzene rings is 1. The molecule has 0 radical (unpaired) electrons. The number of amides is 2. The Morgan fingerprint density at radius 1 is 0.920 bits per heavy atom. The van der Waals surface area contributed by atoms with E-state index in [0.717, 1.165) is 38.0 Å². The zero-order chi connectivity index (χ0) is 17.2. The molecule has 0 unspecified atom stereocenters. The highest BCUT2D eigenvalue weighted by Gasteiger charge is 2.30. The molecule has 1 saturated carbocycles. The van der Waals surface area contributed by atoms with Gasteiger partial charge in [-0.25, -0.2) is 0 Å². The fourth-order valence-corrected chi connectivity index (χ4v) is 4.01. The quantitative estimate of drug-likeness (QED) is 0.916. The molecule has 5 nitrogen and oxygen atoms in total. The molecule has 1 N–H and O–H groups in total. The molecule has 1 aliphatic carbocycles. The van der Waals surface area contributed by atoms with Crippen molar-refractivity contribution in [3.05, 3.63) is 29.8 Å². The average molecular weight is 341 g/mol. The predicted octanol–water partition coefficient (Wildman–Crippen LogP) is 2.74. The molecule has 2 saturated heterocycles. The van der Waals surface area contributed by atoms with Crippen LogP contribution in [0.2, 0.25) is 0 Å². The van der Waals surface area contributed by atoms with Gasteiger partial charge >= 0.3 is 0 Å². The van der Waals surface area contributed by atoms with Crippen molar-refractivity contribution >= 4 is 17.5 Å². The fraction of sp³-hybridized carbons (Fsp3) is 0.600. The molecule has 1 aromatic rings. The Labute approximate surface area is 149 Å². The number of piperidine rings is 1. The van der Waals surface area contributed by atoms with E-state index >= 15 is 0 Å². The van der Waals surface area contributed by atoms with E-state index in [4.69, 9.17) is 0 Å².